The Morgan fingerprint density at radius 1 is 0.808 bits per heavy atom. The lowest BCUT2D eigenvalue weighted by molar-refractivity contribution is 0.331. The van der Waals surface area contributed by atoms with Crippen LogP contribution in [-0.4, -0.2) is 0 Å². The second kappa shape index (κ2) is 6.27. The summed E-state index contributed by atoms with van der Waals surface area (Å²) in [5, 5.41) is 0. The maximum Gasteiger partial charge on any atom is -0.0100 e. The van der Waals surface area contributed by atoms with Crippen LogP contribution in [0, 0.1) is 6.92 Å². The summed E-state index contributed by atoms with van der Waals surface area (Å²) < 4.78 is 0. The van der Waals surface area contributed by atoms with Crippen molar-refractivity contribution < 1.29 is 0 Å². The monoisotopic (exact) mass is 344 g/mol. The second-order valence-corrected chi connectivity index (χ2v) is 9.32. The van der Waals surface area contributed by atoms with Gasteiger partial charge in [-0.1, -0.05) is 82.8 Å². The van der Waals surface area contributed by atoms with E-state index in [2.05, 4.69) is 84.2 Å². The summed E-state index contributed by atoms with van der Waals surface area (Å²) in [6.07, 6.45) is 2.48. The van der Waals surface area contributed by atoms with Crippen molar-refractivity contribution in [1.82, 2.24) is 0 Å². The van der Waals surface area contributed by atoms with Crippen molar-refractivity contribution in [3.05, 3.63) is 82.9 Å². The number of hydrogen-bond donors (Lipinski definition) is 0. The van der Waals surface area contributed by atoms with Gasteiger partial charge in [-0.3, -0.25) is 0 Å². The Labute approximate surface area is 159 Å². The second-order valence-electron chi connectivity index (χ2n) is 9.32. The molecule has 2 aromatic rings. The predicted molar refractivity (Wildman–Crippen MR) is 116 cm³/mol. The largest absolute Gasteiger partial charge is 0.0955 e. The first-order chi connectivity index (χ1) is 12.0. The zero-order chi connectivity index (χ0) is 19.3. The predicted octanol–water partition coefficient (Wildman–Crippen LogP) is 7.44. The quantitative estimate of drug-likeness (QED) is 0.543. The highest BCUT2D eigenvalue weighted by Crippen LogP contribution is 2.47. The maximum atomic E-state index is 4.44. The molecule has 0 fully saturated rings. The van der Waals surface area contributed by atoms with E-state index in [1.54, 1.807) is 0 Å². The number of allylic oxidation sites excluding steroid dienone is 1. The molecule has 0 heterocycles. The van der Waals surface area contributed by atoms with Crippen LogP contribution < -0.4 is 0 Å². The van der Waals surface area contributed by atoms with Crippen LogP contribution in [0.15, 0.2) is 49.6 Å². The zero-order valence-corrected chi connectivity index (χ0v) is 17.3. The van der Waals surface area contributed by atoms with Gasteiger partial charge < -0.3 is 0 Å². The van der Waals surface area contributed by atoms with Crippen LogP contribution in [-0.2, 0) is 10.8 Å². The normalized spacial score (nSPS) is 17.5. The third-order valence-corrected chi connectivity index (χ3v) is 6.25. The summed E-state index contributed by atoms with van der Waals surface area (Å²) in [6.45, 7) is 22.3. The van der Waals surface area contributed by atoms with Crippen molar-refractivity contribution in [3.63, 3.8) is 0 Å². The van der Waals surface area contributed by atoms with Gasteiger partial charge in [-0.05, 0) is 76.5 Å². The van der Waals surface area contributed by atoms with Crippen LogP contribution in [0.2, 0.25) is 0 Å². The highest BCUT2D eigenvalue weighted by Gasteiger charge is 2.37. The van der Waals surface area contributed by atoms with Crippen LogP contribution >= 0.6 is 0 Å². The molecule has 0 unspecified atom stereocenters. The van der Waals surface area contributed by atoms with E-state index < -0.39 is 0 Å². The first-order valence-corrected chi connectivity index (χ1v) is 9.64. The molecule has 0 radical (unpaired) electrons. The molecule has 1 aliphatic carbocycles. The molecule has 0 saturated heterocycles. The summed E-state index contributed by atoms with van der Waals surface area (Å²) in [6, 6.07) is 13.5. The van der Waals surface area contributed by atoms with E-state index in [0.717, 1.165) is 11.1 Å². The maximum absolute atomic E-state index is 4.44. The van der Waals surface area contributed by atoms with E-state index in [1.807, 2.05) is 6.92 Å². The molecule has 0 nitrogen and oxygen atoms in total. The van der Waals surface area contributed by atoms with Crippen molar-refractivity contribution in [2.45, 2.75) is 65.2 Å². The fourth-order valence-corrected chi connectivity index (χ4v) is 4.16. The van der Waals surface area contributed by atoms with Crippen molar-refractivity contribution in [1.29, 1.82) is 0 Å². The SMILES string of the molecule is C=C(C)c1ccc(C(=C)c2cc3c(cc2C)C(C)(C)CCC3(C)C)cc1. The number of aryl methyl sites for hydroxylation is 1. The third-order valence-electron chi connectivity index (χ3n) is 6.25. The van der Waals surface area contributed by atoms with Gasteiger partial charge in [-0.15, -0.1) is 0 Å². The molecule has 0 N–H and O–H groups in total. The van der Waals surface area contributed by atoms with Gasteiger partial charge in [-0.25, -0.2) is 0 Å². The van der Waals surface area contributed by atoms with Crippen molar-refractivity contribution >= 4 is 11.1 Å². The molecule has 0 bridgehead atoms. The standard InChI is InChI=1S/C26H32/c1-17(2)20-9-11-21(12-10-20)19(4)22-16-24-23(15-18(22)3)25(5,6)13-14-26(24,7)8/h9-12,15-16H,1,4,13-14H2,2-3,5-8H3. The molecule has 136 valence electrons. The Morgan fingerprint density at radius 2 is 1.27 bits per heavy atom. The molecule has 0 spiro atoms. The summed E-state index contributed by atoms with van der Waals surface area (Å²) in [5.74, 6) is 0. The minimum absolute atomic E-state index is 0.220. The van der Waals surface area contributed by atoms with Gasteiger partial charge in [0.1, 0.15) is 0 Å². The Morgan fingerprint density at radius 3 is 1.77 bits per heavy atom. The fraction of sp³-hybridized carbons (Fsp3) is 0.385. The molecular weight excluding hydrogens is 312 g/mol. The zero-order valence-electron chi connectivity index (χ0n) is 17.3. The number of fused-ring (bicyclic) bond motifs is 1. The average Bonchev–Trinajstić information content (AvgIpc) is 2.58. The molecule has 0 atom stereocenters. The van der Waals surface area contributed by atoms with Crippen LogP contribution in [0.4, 0.5) is 0 Å². The van der Waals surface area contributed by atoms with E-state index in [9.17, 15) is 0 Å². The highest BCUT2D eigenvalue weighted by atomic mass is 14.4. The molecule has 0 amide bonds. The molecule has 0 heteroatoms. The van der Waals surface area contributed by atoms with Gasteiger partial charge in [0.05, 0.1) is 0 Å². The topological polar surface area (TPSA) is 0 Å². The van der Waals surface area contributed by atoms with Crippen LogP contribution in [0.1, 0.15) is 80.8 Å². The van der Waals surface area contributed by atoms with Crippen molar-refractivity contribution in [2.75, 3.05) is 0 Å². The van der Waals surface area contributed by atoms with Crippen molar-refractivity contribution in [3.8, 4) is 0 Å². The molecular formula is C26H32. The van der Waals surface area contributed by atoms with Gasteiger partial charge in [0.25, 0.3) is 0 Å². The van der Waals surface area contributed by atoms with Gasteiger partial charge >= 0.3 is 0 Å². The van der Waals surface area contributed by atoms with Gasteiger partial charge in [0.2, 0.25) is 0 Å². The lowest BCUT2D eigenvalue weighted by Crippen LogP contribution is -2.34. The molecule has 0 aromatic heterocycles. The summed E-state index contributed by atoms with van der Waals surface area (Å²) >= 11 is 0. The Bertz CT molecular complexity index is 873. The van der Waals surface area contributed by atoms with Gasteiger partial charge in [-0.2, -0.15) is 0 Å². The smallest absolute Gasteiger partial charge is 0.0100 e. The van der Waals surface area contributed by atoms with Crippen LogP contribution in [0.25, 0.3) is 11.1 Å². The lowest BCUT2D eigenvalue weighted by Gasteiger charge is -2.42. The molecule has 26 heavy (non-hydrogen) atoms. The number of hydrogen-bond acceptors (Lipinski definition) is 0. The number of rotatable bonds is 3. The Hall–Kier alpha value is -2.08. The fourth-order valence-electron chi connectivity index (χ4n) is 4.16. The summed E-state index contributed by atoms with van der Waals surface area (Å²) in [4.78, 5) is 0. The van der Waals surface area contributed by atoms with Crippen LogP contribution in [0.3, 0.4) is 0 Å². The lowest BCUT2D eigenvalue weighted by atomic mass is 9.62. The van der Waals surface area contributed by atoms with Crippen molar-refractivity contribution in [2.24, 2.45) is 0 Å². The van der Waals surface area contributed by atoms with E-state index in [1.165, 1.54) is 46.2 Å². The van der Waals surface area contributed by atoms with E-state index in [0.29, 0.717) is 0 Å². The number of benzene rings is 2. The minimum atomic E-state index is 0.220. The highest BCUT2D eigenvalue weighted by molar-refractivity contribution is 5.81. The third kappa shape index (κ3) is 3.18. The minimum Gasteiger partial charge on any atom is -0.0955 e. The van der Waals surface area contributed by atoms with Crippen LogP contribution in [0.5, 0.6) is 0 Å². The summed E-state index contributed by atoms with van der Waals surface area (Å²) in [5.41, 5.74) is 10.7. The molecule has 2 aromatic carbocycles. The first-order valence-electron chi connectivity index (χ1n) is 9.64. The molecule has 1 aliphatic rings. The molecule has 3 rings (SSSR count). The van der Waals surface area contributed by atoms with E-state index >= 15 is 0 Å². The summed E-state index contributed by atoms with van der Waals surface area (Å²) in [7, 11) is 0. The molecule has 0 saturated carbocycles. The van der Waals surface area contributed by atoms with Gasteiger partial charge in [0.15, 0.2) is 0 Å². The Balaban J connectivity index is 2.09. The first kappa shape index (κ1) is 18.7. The van der Waals surface area contributed by atoms with E-state index in [4.69, 9.17) is 0 Å². The van der Waals surface area contributed by atoms with Gasteiger partial charge in [0, 0.05) is 0 Å². The van der Waals surface area contributed by atoms with E-state index in [-0.39, 0.29) is 10.8 Å². The Kier molecular flexibility index (Phi) is 4.51. The molecule has 0 aliphatic heterocycles. The average molecular weight is 345 g/mol.